The van der Waals surface area contributed by atoms with Crippen LogP contribution in [-0.2, 0) is 6.42 Å². The van der Waals surface area contributed by atoms with Crippen LogP contribution in [0.2, 0.25) is 0 Å². The number of aromatic nitrogens is 2. The van der Waals surface area contributed by atoms with Crippen LogP contribution < -0.4 is 9.64 Å². The quantitative estimate of drug-likeness (QED) is 0.852. The highest BCUT2D eigenvalue weighted by molar-refractivity contribution is 7.08. The fraction of sp³-hybridized carbons (Fsp3) is 0.357. The number of aryl methyl sites for hydroxylation is 1. The van der Waals surface area contributed by atoms with Crippen molar-refractivity contribution in [3.05, 3.63) is 34.8 Å². The maximum atomic E-state index is 12.8. The van der Waals surface area contributed by atoms with Crippen LogP contribution in [0.3, 0.4) is 0 Å². The van der Waals surface area contributed by atoms with Crippen molar-refractivity contribution in [3.63, 3.8) is 0 Å². The van der Waals surface area contributed by atoms with Crippen LogP contribution in [0.4, 0.5) is 5.69 Å². The molecule has 0 fully saturated rings. The van der Waals surface area contributed by atoms with Gasteiger partial charge in [0.2, 0.25) is 0 Å². The van der Waals surface area contributed by atoms with Crippen LogP contribution in [0.5, 0.6) is 5.75 Å². The number of fused-ring (bicyclic) bond motifs is 1. The molecule has 1 atom stereocenters. The Bertz CT molecular complexity index is 641. The van der Waals surface area contributed by atoms with Crippen molar-refractivity contribution in [1.82, 2.24) is 9.59 Å². The van der Waals surface area contributed by atoms with Crippen LogP contribution in [0.25, 0.3) is 0 Å². The second-order valence-corrected chi connectivity index (χ2v) is 5.46. The number of carbonyl (C=O) groups is 1. The van der Waals surface area contributed by atoms with E-state index in [1.165, 1.54) is 0 Å². The summed E-state index contributed by atoms with van der Waals surface area (Å²) < 4.78 is 9.57. The van der Waals surface area contributed by atoms with Gasteiger partial charge in [0.15, 0.2) is 0 Å². The summed E-state index contributed by atoms with van der Waals surface area (Å²) in [6, 6.07) is 7.59. The largest absolute Gasteiger partial charge is 0.489 e. The van der Waals surface area contributed by atoms with Gasteiger partial charge in [0.25, 0.3) is 5.91 Å². The molecule has 0 aliphatic carbocycles. The number of anilines is 1. The van der Waals surface area contributed by atoms with Crippen molar-refractivity contribution in [2.45, 2.75) is 26.3 Å². The molecule has 1 aliphatic heterocycles. The van der Waals surface area contributed by atoms with Gasteiger partial charge in [-0.1, -0.05) is 23.5 Å². The molecule has 2 aromatic rings. The van der Waals surface area contributed by atoms with Crippen LogP contribution in [0.1, 0.15) is 29.2 Å². The number of rotatable bonds is 2. The van der Waals surface area contributed by atoms with Gasteiger partial charge in [0.05, 0.1) is 17.4 Å². The lowest BCUT2D eigenvalue weighted by Crippen LogP contribution is -2.45. The summed E-state index contributed by atoms with van der Waals surface area (Å²) in [7, 11) is 0. The Kier molecular flexibility index (Phi) is 3.40. The number of amides is 1. The molecular formula is C14H15N3O2S. The van der Waals surface area contributed by atoms with E-state index in [0.717, 1.165) is 28.7 Å². The first kappa shape index (κ1) is 13.1. The van der Waals surface area contributed by atoms with Gasteiger partial charge in [-0.25, -0.2) is 0 Å². The molecule has 1 aromatic carbocycles. The Morgan fingerprint density at radius 1 is 1.50 bits per heavy atom. The summed E-state index contributed by atoms with van der Waals surface area (Å²) in [5, 5.41) is 4.02. The molecular weight excluding hydrogens is 274 g/mol. The van der Waals surface area contributed by atoms with E-state index in [1.54, 1.807) is 4.90 Å². The van der Waals surface area contributed by atoms with Crippen LogP contribution >= 0.6 is 11.5 Å². The van der Waals surface area contributed by atoms with Crippen molar-refractivity contribution in [1.29, 1.82) is 0 Å². The fourth-order valence-electron chi connectivity index (χ4n) is 2.32. The number of hydrogen-bond acceptors (Lipinski definition) is 5. The maximum Gasteiger partial charge on any atom is 0.272 e. The Balaban J connectivity index is 2.03. The average Bonchev–Trinajstić information content (AvgIpc) is 2.95. The third kappa shape index (κ3) is 2.06. The minimum Gasteiger partial charge on any atom is -0.489 e. The zero-order valence-electron chi connectivity index (χ0n) is 11.4. The average molecular weight is 289 g/mol. The topological polar surface area (TPSA) is 55.3 Å². The summed E-state index contributed by atoms with van der Waals surface area (Å²) in [4.78, 5) is 15.2. The lowest BCUT2D eigenvalue weighted by atomic mass is 10.1. The van der Waals surface area contributed by atoms with E-state index in [4.69, 9.17) is 4.74 Å². The number of ether oxygens (including phenoxy) is 1. The van der Waals surface area contributed by atoms with Gasteiger partial charge < -0.3 is 4.74 Å². The molecule has 3 rings (SSSR count). The summed E-state index contributed by atoms with van der Waals surface area (Å²) in [5.41, 5.74) is 1.57. The number of para-hydroxylation sites is 2. The molecule has 1 amide bonds. The summed E-state index contributed by atoms with van der Waals surface area (Å²) in [6.45, 7) is 4.45. The SMILES string of the molecule is CCc1nnsc1C(=O)N1c2ccccc2OC[C@@H]1C. The number of benzene rings is 1. The first-order valence-corrected chi connectivity index (χ1v) is 7.36. The molecule has 6 heteroatoms. The second kappa shape index (κ2) is 5.20. The highest BCUT2D eigenvalue weighted by Gasteiger charge is 2.32. The monoisotopic (exact) mass is 289 g/mol. The van der Waals surface area contributed by atoms with Crippen LogP contribution in [0, 0.1) is 0 Å². The summed E-state index contributed by atoms with van der Waals surface area (Å²) >= 11 is 1.16. The highest BCUT2D eigenvalue weighted by atomic mass is 32.1. The van der Waals surface area contributed by atoms with Crippen molar-refractivity contribution >= 4 is 23.1 Å². The maximum absolute atomic E-state index is 12.8. The molecule has 104 valence electrons. The Hall–Kier alpha value is -1.95. The molecule has 2 heterocycles. The van der Waals surface area contributed by atoms with Gasteiger partial charge in [0, 0.05) is 0 Å². The summed E-state index contributed by atoms with van der Waals surface area (Å²) in [5.74, 6) is 0.703. The molecule has 1 aromatic heterocycles. The first-order valence-electron chi connectivity index (χ1n) is 6.59. The van der Waals surface area contributed by atoms with Crippen LogP contribution in [0.15, 0.2) is 24.3 Å². The summed E-state index contributed by atoms with van der Waals surface area (Å²) in [6.07, 6.45) is 0.706. The number of carbonyl (C=O) groups excluding carboxylic acids is 1. The van der Waals surface area contributed by atoms with E-state index in [2.05, 4.69) is 9.59 Å². The van der Waals surface area contributed by atoms with Crippen LogP contribution in [-0.4, -0.2) is 28.1 Å². The van der Waals surface area contributed by atoms with E-state index < -0.39 is 0 Å². The molecule has 0 N–H and O–H groups in total. The molecule has 0 saturated carbocycles. The number of hydrogen-bond donors (Lipinski definition) is 0. The van der Waals surface area contributed by atoms with Crippen molar-refractivity contribution in [2.24, 2.45) is 0 Å². The van der Waals surface area contributed by atoms with E-state index in [9.17, 15) is 4.79 Å². The second-order valence-electron chi connectivity index (χ2n) is 4.71. The van der Waals surface area contributed by atoms with Crippen molar-refractivity contribution < 1.29 is 9.53 Å². The van der Waals surface area contributed by atoms with Gasteiger partial charge >= 0.3 is 0 Å². The predicted molar refractivity (Wildman–Crippen MR) is 77.5 cm³/mol. The third-order valence-electron chi connectivity index (χ3n) is 3.35. The molecule has 0 radical (unpaired) electrons. The molecule has 0 saturated heterocycles. The van der Waals surface area contributed by atoms with Gasteiger partial charge in [-0.05, 0) is 37.0 Å². The fourth-order valence-corrected chi connectivity index (χ4v) is 3.01. The molecule has 0 spiro atoms. The zero-order valence-corrected chi connectivity index (χ0v) is 12.2. The number of nitrogens with zero attached hydrogens (tertiary/aromatic N) is 3. The first-order chi connectivity index (χ1) is 9.72. The standard InChI is InChI=1S/C14H15N3O2S/c1-3-10-13(20-16-15-10)14(18)17-9(2)8-19-12-7-5-4-6-11(12)17/h4-7,9H,3,8H2,1-2H3/t9-/m0/s1. The smallest absolute Gasteiger partial charge is 0.272 e. The molecule has 1 aliphatic rings. The van der Waals surface area contributed by atoms with Gasteiger partial charge in [0.1, 0.15) is 17.2 Å². The molecule has 20 heavy (non-hydrogen) atoms. The Morgan fingerprint density at radius 3 is 3.10 bits per heavy atom. The third-order valence-corrected chi connectivity index (χ3v) is 4.11. The minimum atomic E-state index is -0.0416. The van der Waals surface area contributed by atoms with E-state index in [1.807, 2.05) is 38.1 Å². The Morgan fingerprint density at radius 2 is 2.30 bits per heavy atom. The van der Waals surface area contributed by atoms with Crippen molar-refractivity contribution in [2.75, 3.05) is 11.5 Å². The Labute approximate surface area is 121 Å². The lowest BCUT2D eigenvalue weighted by molar-refractivity contribution is 0.0964. The minimum absolute atomic E-state index is 0.00999. The molecule has 0 bridgehead atoms. The van der Waals surface area contributed by atoms with E-state index in [0.29, 0.717) is 17.9 Å². The zero-order chi connectivity index (χ0) is 14.1. The van der Waals surface area contributed by atoms with Gasteiger partial charge in [-0.3, -0.25) is 9.69 Å². The van der Waals surface area contributed by atoms with Crippen molar-refractivity contribution in [3.8, 4) is 5.75 Å². The van der Waals surface area contributed by atoms with Gasteiger partial charge in [-0.2, -0.15) is 0 Å². The normalized spacial score (nSPS) is 17.5. The lowest BCUT2D eigenvalue weighted by Gasteiger charge is -2.34. The molecule has 5 nitrogen and oxygen atoms in total. The predicted octanol–water partition coefficient (Wildman–Crippen LogP) is 2.53. The van der Waals surface area contributed by atoms with Gasteiger partial charge in [-0.15, -0.1) is 5.10 Å². The molecule has 0 unspecified atom stereocenters. The van der Waals surface area contributed by atoms with E-state index in [-0.39, 0.29) is 11.9 Å². The van der Waals surface area contributed by atoms with E-state index >= 15 is 0 Å². The highest BCUT2D eigenvalue weighted by Crippen LogP contribution is 2.35.